The molecule has 0 bridgehead atoms. The first kappa shape index (κ1) is 15.8. The summed E-state index contributed by atoms with van der Waals surface area (Å²) in [6.45, 7) is 2.69. The Balaban J connectivity index is 2.62. The summed E-state index contributed by atoms with van der Waals surface area (Å²) in [7, 11) is 4.83. The van der Waals surface area contributed by atoms with Crippen molar-refractivity contribution in [3.8, 4) is 5.75 Å². The van der Waals surface area contributed by atoms with Gasteiger partial charge in [0.05, 0.1) is 5.39 Å². The Morgan fingerprint density at radius 3 is 2.64 bits per heavy atom. The Bertz CT molecular complexity index is 726. The molecule has 116 valence electrons. The van der Waals surface area contributed by atoms with Gasteiger partial charge in [-0.1, -0.05) is 6.07 Å². The van der Waals surface area contributed by atoms with Crippen LogP contribution >= 0.6 is 0 Å². The molecule has 22 heavy (non-hydrogen) atoms. The maximum absolute atomic E-state index is 11.9. The molecule has 0 aliphatic rings. The average molecular weight is 302 g/mol. The number of ether oxygens (including phenoxy) is 1. The third kappa shape index (κ3) is 3.00. The van der Waals surface area contributed by atoms with Gasteiger partial charge in [-0.25, -0.2) is 4.79 Å². The van der Waals surface area contributed by atoms with Crippen LogP contribution in [0.4, 0.5) is 4.79 Å². The maximum atomic E-state index is 11.9. The number of pyridine rings is 1. The molecule has 0 radical (unpaired) electrons. The summed E-state index contributed by atoms with van der Waals surface area (Å²) in [4.78, 5) is 25.1. The lowest BCUT2D eigenvalue weighted by Crippen LogP contribution is -2.35. The fraction of sp³-hybridized carbons (Fsp3) is 0.312. The molecule has 2 amide bonds. The minimum atomic E-state index is -0.458. The van der Waals surface area contributed by atoms with E-state index >= 15 is 0 Å². The Morgan fingerprint density at radius 1 is 1.32 bits per heavy atom. The van der Waals surface area contributed by atoms with Crippen molar-refractivity contribution in [3.05, 3.63) is 36.0 Å². The molecule has 0 aliphatic carbocycles. The zero-order valence-corrected chi connectivity index (χ0v) is 13.2. The highest BCUT2D eigenvalue weighted by atomic mass is 16.6. The number of aromatic nitrogens is 1. The van der Waals surface area contributed by atoms with E-state index in [2.05, 4.69) is 5.32 Å². The third-order valence-electron chi connectivity index (χ3n) is 3.34. The van der Waals surface area contributed by atoms with Gasteiger partial charge in [0.25, 0.3) is 5.91 Å². The Kier molecular flexibility index (Phi) is 4.60. The van der Waals surface area contributed by atoms with Crippen molar-refractivity contribution in [3.63, 3.8) is 0 Å². The molecule has 1 aromatic carbocycles. The number of nitrogens with zero attached hydrogens (tertiary/aromatic N) is 2. The van der Waals surface area contributed by atoms with Gasteiger partial charge in [-0.2, -0.15) is 4.57 Å². The van der Waals surface area contributed by atoms with Crippen LogP contribution < -0.4 is 14.6 Å². The third-order valence-corrected chi connectivity index (χ3v) is 3.34. The summed E-state index contributed by atoms with van der Waals surface area (Å²) in [6, 6.07) is 7.21. The van der Waals surface area contributed by atoms with Crippen molar-refractivity contribution >= 4 is 22.9 Å². The molecular weight excluding hydrogens is 282 g/mol. The SMILES string of the molecule is CC[n+]1cc(C(=O)NC)cc2c(OC(=O)N(C)C)cccc21. The zero-order chi connectivity index (χ0) is 16.3. The number of hydrogen-bond acceptors (Lipinski definition) is 3. The van der Waals surface area contributed by atoms with Gasteiger partial charge in [0.1, 0.15) is 17.9 Å². The minimum absolute atomic E-state index is 0.183. The molecule has 0 saturated carbocycles. The van der Waals surface area contributed by atoms with Gasteiger partial charge < -0.3 is 15.0 Å². The van der Waals surface area contributed by atoms with Crippen molar-refractivity contribution in [2.75, 3.05) is 21.1 Å². The van der Waals surface area contributed by atoms with Crippen LogP contribution in [-0.4, -0.2) is 38.0 Å². The van der Waals surface area contributed by atoms with Gasteiger partial charge in [0.15, 0.2) is 6.20 Å². The number of amides is 2. The van der Waals surface area contributed by atoms with Crippen molar-refractivity contribution in [2.24, 2.45) is 0 Å². The predicted octanol–water partition coefficient (Wildman–Crippen LogP) is 1.57. The van der Waals surface area contributed by atoms with Gasteiger partial charge in [-0.05, 0) is 19.1 Å². The summed E-state index contributed by atoms with van der Waals surface area (Å²) < 4.78 is 7.35. The number of rotatable bonds is 3. The molecule has 0 fully saturated rings. The molecular formula is C16H20N3O3+. The van der Waals surface area contributed by atoms with Gasteiger partial charge >= 0.3 is 6.09 Å². The van der Waals surface area contributed by atoms with E-state index in [-0.39, 0.29) is 5.91 Å². The molecule has 6 nitrogen and oxygen atoms in total. The largest absolute Gasteiger partial charge is 0.414 e. The second-order valence-electron chi connectivity index (χ2n) is 5.05. The first-order valence-electron chi connectivity index (χ1n) is 7.05. The molecule has 0 atom stereocenters. The van der Waals surface area contributed by atoms with E-state index in [0.717, 1.165) is 10.9 Å². The van der Waals surface area contributed by atoms with E-state index in [1.54, 1.807) is 39.5 Å². The normalized spacial score (nSPS) is 10.4. The van der Waals surface area contributed by atoms with Crippen molar-refractivity contribution in [1.82, 2.24) is 10.2 Å². The molecule has 1 heterocycles. The number of carbonyl (C=O) groups is 2. The van der Waals surface area contributed by atoms with Crippen LogP contribution in [0.3, 0.4) is 0 Å². The second-order valence-corrected chi connectivity index (χ2v) is 5.05. The fourth-order valence-corrected chi connectivity index (χ4v) is 2.16. The van der Waals surface area contributed by atoms with Gasteiger partial charge in [0.2, 0.25) is 5.52 Å². The highest BCUT2D eigenvalue weighted by molar-refractivity contribution is 5.97. The topological polar surface area (TPSA) is 62.5 Å². The van der Waals surface area contributed by atoms with Gasteiger partial charge in [0, 0.05) is 27.2 Å². The molecule has 1 aromatic heterocycles. The van der Waals surface area contributed by atoms with E-state index in [1.165, 1.54) is 4.90 Å². The number of fused-ring (bicyclic) bond motifs is 1. The number of hydrogen-bond donors (Lipinski definition) is 1. The number of aryl methyl sites for hydroxylation is 1. The molecule has 6 heteroatoms. The Labute approximate surface area is 129 Å². The summed E-state index contributed by atoms with van der Waals surface area (Å²) >= 11 is 0. The first-order chi connectivity index (χ1) is 10.5. The van der Waals surface area contributed by atoms with Crippen LogP contribution in [0.5, 0.6) is 5.75 Å². The highest BCUT2D eigenvalue weighted by Gasteiger charge is 2.18. The molecule has 1 N–H and O–H groups in total. The van der Waals surface area contributed by atoms with Crippen LogP contribution in [0.15, 0.2) is 30.5 Å². The monoisotopic (exact) mass is 302 g/mol. The van der Waals surface area contributed by atoms with Crippen molar-refractivity contribution in [1.29, 1.82) is 0 Å². The fourth-order valence-electron chi connectivity index (χ4n) is 2.16. The number of carbonyl (C=O) groups excluding carboxylic acids is 2. The van der Waals surface area contributed by atoms with E-state index in [9.17, 15) is 9.59 Å². The molecule has 0 aliphatic heterocycles. The molecule has 0 spiro atoms. The molecule has 0 unspecified atom stereocenters. The lowest BCUT2D eigenvalue weighted by Gasteiger charge is -2.12. The summed E-state index contributed by atoms with van der Waals surface area (Å²) in [5.74, 6) is 0.252. The highest BCUT2D eigenvalue weighted by Crippen LogP contribution is 2.25. The zero-order valence-electron chi connectivity index (χ0n) is 13.2. The smallest absolute Gasteiger partial charge is 0.409 e. The standard InChI is InChI=1S/C16H19N3O3/c1-5-19-10-11(15(20)17-2)9-12-13(19)7-6-8-14(12)22-16(21)18(3)4/h6-10H,5H2,1-4H3/p+1. The minimum Gasteiger partial charge on any atom is -0.409 e. The van der Waals surface area contributed by atoms with Crippen LogP contribution in [0.2, 0.25) is 0 Å². The van der Waals surface area contributed by atoms with E-state index in [0.29, 0.717) is 17.9 Å². The van der Waals surface area contributed by atoms with E-state index < -0.39 is 6.09 Å². The summed E-state index contributed by atoms with van der Waals surface area (Å²) in [6.07, 6.45) is 1.33. The van der Waals surface area contributed by atoms with E-state index in [4.69, 9.17) is 4.74 Å². The number of nitrogens with one attached hydrogen (secondary N) is 1. The first-order valence-corrected chi connectivity index (χ1v) is 7.05. The number of benzene rings is 1. The summed E-state index contributed by atoms with van der Waals surface area (Å²) in [5.41, 5.74) is 1.42. The summed E-state index contributed by atoms with van der Waals surface area (Å²) in [5, 5.41) is 3.33. The molecule has 2 rings (SSSR count). The van der Waals surface area contributed by atoms with Crippen LogP contribution in [0.25, 0.3) is 10.9 Å². The Hall–Kier alpha value is -2.63. The van der Waals surface area contributed by atoms with Gasteiger partial charge in [-0.15, -0.1) is 0 Å². The quantitative estimate of drug-likeness (QED) is 0.875. The maximum Gasteiger partial charge on any atom is 0.414 e. The lowest BCUT2D eigenvalue weighted by atomic mass is 10.1. The van der Waals surface area contributed by atoms with Crippen LogP contribution in [0.1, 0.15) is 17.3 Å². The molecule has 2 aromatic rings. The second kappa shape index (κ2) is 6.43. The Morgan fingerprint density at radius 2 is 2.05 bits per heavy atom. The van der Waals surface area contributed by atoms with Gasteiger partial charge in [-0.3, -0.25) is 4.79 Å². The van der Waals surface area contributed by atoms with E-state index in [1.807, 2.05) is 23.6 Å². The average Bonchev–Trinajstić information content (AvgIpc) is 2.53. The molecule has 0 saturated heterocycles. The predicted molar refractivity (Wildman–Crippen MR) is 82.9 cm³/mol. The van der Waals surface area contributed by atoms with Crippen LogP contribution in [0, 0.1) is 0 Å². The van der Waals surface area contributed by atoms with Crippen molar-refractivity contribution in [2.45, 2.75) is 13.5 Å². The lowest BCUT2D eigenvalue weighted by molar-refractivity contribution is -0.667. The van der Waals surface area contributed by atoms with Crippen LogP contribution in [-0.2, 0) is 6.54 Å². The van der Waals surface area contributed by atoms with Crippen molar-refractivity contribution < 1.29 is 18.9 Å².